The molecule has 0 saturated heterocycles. The van der Waals surface area contributed by atoms with Gasteiger partial charge in [-0.3, -0.25) is 4.79 Å². The minimum Gasteiger partial charge on any atom is -0.346 e. The van der Waals surface area contributed by atoms with Crippen LogP contribution in [0.1, 0.15) is 61.9 Å². The van der Waals surface area contributed by atoms with Crippen LogP contribution in [0, 0.1) is 6.92 Å². The summed E-state index contributed by atoms with van der Waals surface area (Å²) in [5.74, 6) is -0.206. The lowest BCUT2D eigenvalue weighted by atomic mass is 9.80. The first kappa shape index (κ1) is 22.8. The van der Waals surface area contributed by atoms with E-state index in [0.717, 1.165) is 12.8 Å². The predicted molar refractivity (Wildman–Crippen MR) is 112 cm³/mol. The van der Waals surface area contributed by atoms with Crippen molar-refractivity contribution in [1.82, 2.24) is 9.62 Å². The molecule has 0 aromatic heterocycles. The number of likely N-dealkylation sites (N-methyl/N-ethyl adjacent to an activating group) is 1. The van der Waals surface area contributed by atoms with Crippen LogP contribution in [-0.4, -0.2) is 57.9 Å². The fraction of sp³-hybridized carbons (Fsp3) is 0.667. The molecule has 158 valence electrons. The van der Waals surface area contributed by atoms with Gasteiger partial charge in [0.25, 0.3) is 5.91 Å². The molecule has 0 bridgehead atoms. The monoisotopic (exact) mass is 410 g/mol. The smallest absolute Gasteiger partial charge is 0.251 e. The van der Waals surface area contributed by atoms with E-state index in [1.807, 2.05) is 13.8 Å². The van der Waals surface area contributed by atoms with Crippen molar-refractivity contribution in [3.05, 3.63) is 29.3 Å². The van der Waals surface area contributed by atoms with Crippen LogP contribution in [0.4, 0.5) is 0 Å². The molecule has 6 nitrogen and oxygen atoms in total. The summed E-state index contributed by atoms with van der Waals surface area (Å²) < 4.78 is 27.3. The van der Waals surface area contributed by atoms with Crippen LogP contribution < -0.4 is 10.2 Å². The molecule has 0 heterocycles. The number of rotatable bonds is 8. The molecule has 0 aliphatic heterocycles. The van der Waals surface area contributed by atoms with Crippen LogP contribution >= 0.6 is 0 Å². The number of hydrogen-bond donors (Lipinski definition) is 2. The third-order valence-corrected chi connectivity index (χ3v) is 8.42. The number of benzene rings is 1. The number of nitrogens with zero attached hydrogens (tertiary/aromatic N) is 1. The molecular weight excluding hydrogens is 374 g/mol. The zero-order chi connectivity index (χ0) is 20.9. The highest BCUT2D eigenvalue weighted by atomic mass is 32.2. The quantitative estimate of drug-likeness (QED) is 0.684. The van der Waals surface area contributed by atoms with Gasteiger partial charge in [-0.05, 0) is 37.5 Å². The lowest BCUT2D eigenvalue weighted by molar-refractivity contribution is -0.916. The van der Waals surface area contributed by atoms with Crippen molar-refractivity contribution in [3.8, 4) is 0 Å². The Morgan fingerprint density at radius 3 is 2.29 bits per heavy atom. The molecule has 1 aromatic rings. The fourth-order valence-corrected chi connectivity index (χ4v) is 5.86. The van der Waals surface area contributed by atoms with Crippen molar-refractivity contribution in [1.29, 1.82) is 0 Å². The van der Waals surface area contributed by atoms with Gasteiger partial charge in [-0.15, -0.1) is 0 Å². The van der Waals surface area contributed by atoms with Gasteiger partial charge in [0.15, 0.2) is 0 Å². The maximum atomic E-state index is 12.9. The minimum atomic E-state index is -3.60. The molecular formula is C21H36N3O3S+. The molecule has 0 radical (unpaired) electrons. The molecule has 7 heteroatoms. The first-order chi connectivity index (χ1) is 13.2. The summed E-state index contributed by atoms with van der Waals surface area (Å²) >= 11 is 0. The summed E-state index contributed by atoms with van der Waals surface area (Å²) in [6.07, 6.45) is 5.85. The largest absolute Gasteiger partial charge is 0.346 e. The standard InChI is InChI=1S/C21H35N3O3S/c1-6-24(7-2)28(26,27)19-15-18(12-11-17(19)3)20(25)22-16-21(23(4)5)13-9-8-10-14-21/h11-12,15H,6-10,13-14,16H2,1-5H3,(H,22,25)/p+1. The molecule has 1 aliphatic rings. The zero-order valence-corrected chi connectivity index (χ0v) is 18.8. The van der Waals surface area contributed by atoms with E-state index in [0.29, 0.717) is 30.8 Å². The summed E-state index contributed by atoms with van der Waals surface area (Å²) in [7, 11) is 0.702. The number of carbonyl (C=O) groups is 1. The van der Waals surface area contributed by atoms with E-state index >= 15 is 0 Å². The van der Waals surface area contributed by atoms with E-state index in [-0.39, 0.29) is 16.3 Å². The Hall–Kier alpha value is -1.44. The van der Waals surface area contributed by atoms with Gasteiger partial charge >= 0.3 is 0 Å². The molecule has 1 fully saturated rings. The summed E-state index contributed by atoms with van der Waals surface area (Å²) in [5, 5.41) is 3.08. The highest BCUT2D eigenvalue weighted by Gasteiger charge is 2.38. The second-order valence-electron chi connectivity index (χ2n) is 8.09. The zero-order valence-electron chi connectivity index (χ0n) is 18.0. The second-order valence-corrected chi connectivity index (χ2v) is 10.00. The molecule has 1 amide bonds. The van der Waals surface area contributed by atoms with Crippen molar-refractivity contribution >= 4 is 15.9 Å². The Bertz CT molecular complexity index is 780. The van der Waals surface area contributed by atoms with Crippen LogP contribution in [0.3, 0.4) is 0 Å². The first-order valence-electron chi connectivity index (χ1n) is 10.4. The van der Waals surface area contributed by atoms with E-state index in [4.69, 9.17) is 0 Å². The van der Waals surface area contributed by atoms with Crippen molar-refractivity contribution < 1.29 is 18.1 Å². The molecule has 0 unspecified atom stereocenters. The van der Waals surface area contributed by atoms with Crippen LogP contribution in [-0.2, 0) is 10.0 Å². The van der Waals surface area contributed by atoms with Gasteiger partial charge in [0.05, 0.1) is 25.5 Å². The second kappa shape index (κ2) is 9.37. The highest BCUT2D eigenvalue weighted by Crippen LogP contribution is 2.25. The summed E-state index contributed by atoms with van der Waals surface area (Å²) in [4.78, 5) is 14.4. The van der Waals surface area contributed by atoms with Gasteiger partial charge in [-0.25, -0.2) is 8.42 Å². The maximum Gasteiger partial charge on any atom is 0.251 e. The van der Waals surface area contributed by atoms with Gasteiger partial charge < -0.3 is 10.2 Å². The number of sulfonamides is 1. The van der Waals surface area contributed by atoms with Crippen LogP contribution in [0.25, 0.3) is 0 Å². The topological polar surface area (TPSA) is 70.9 Å². The van der Waals surface area contributed by atoms with E-state index < -0.39 is 10.0 Å². The van der Waals surface area contributed by atoms with Crippen LogP contribution in [0.2, 0.25) is 0 Å². The lowest BCUT2D eigenvalue weighted by Gasteiger charge is -2.39. The molecule has 2 N–H and O–H groups in total. The number of carbonyl (C=O) groups excluding carboxylic acids is 1. The van der Waals surface area contributed by atoms with Crippen LogP contribution in [0.5, 0.6) is 0 Å². The van der Waals surface area contributed by atoms with Gasteiger partial charge in [0, 0.05) is 31.5 Å². The van der Waals surface area contributed by atoms with E-state index in [9.17, 15) is 13.2 Å². The first-order valence-corrected chi connectivity index (χ1v) is 11.8. The van der Waals surface area contributed by atoms with Gasteiger partial charge in [-0.2, -0.15) is 4.31 Å². The minimum absolute atomic E-state index is 0.0642. The van der Waals surface area contributed by atoms with E-state index in [2.05, 4.69) is 19.4 Å². The highest BCUT2D eigenvalue weighted by molar-refractivity contribution is 7.89. The third kappa shape index (κ3) is 4.75. The van der Waals surface area contributed by atoms with Gasteiger partial charge in [-0.1, -0.05) is 26.3 Å². The Kier molecular flexibility index (Phi) is 7.65. The fourth-order valence-electron chi connectivity index (χ4n) is 4.16. The van der Waals surface area contributed by atoms with E-state index in [1.165, 1.54) is 34.5 Å². The molecule has 1 aromatic carbocycles. The van der Waals surface area contributed by atoms with Gasteiger partial charge in [0.1, 0.15) is 5.54 Å². The SMILES string of the molecule is CCN(CC)S(=O)(=O)c1cc(C(=O)NCC2([NH+](C)C)CCCCC2)ccc1C. The molecule has 0 spiro atoms. The number of quaternary nitrogens is 1. The van der Waals surface area contributed by atoms with Crippen molar-refractivity contribution in [2.75, 3.05) is 33.7 Å². The summed E-state index contributed by atoms with van der Waals surface area (Å²) in [6.45, 7) is 6.83. The van der Waals surface area contributed by atoms with Gasteiger partial charge in [0.2, 0.25) is 10.0 Å². The number of hydrogen-bond acceptors (Lipinski definition) is 3. The number of nitrogens with one attached hydrogen (secondary N) is 2. The number of aryl methyl sites for hydroxylation is 1. The third-order valence-electron chi connectivity index (χ3n) is 6.23. The van der Waals surface area contributed by atoms with Crippen molar-refractivity contribution in [2.45, 2.75) is 63.3 Å². The Morgan fingerprint density at radius 2 is 1.75 bits per heavy atom. The average molecular weight is 411 g/mol. The Balaban J connectivity index is 2.23. The maximum absolute atomic E-state index is 12.9. The van der Waals surface area contributed by atoms with E-state index in [1.54, 1.807) is 19.1 Å². The number of amides is 1. The molecule has 1 saturated carbocycles. The lowest BCUT2D eigenvalue weighted by Crippen LogP contribution is -3.16. The molecule has 0 atom stereocenters. The molecule has 2 rings (SSSR count). The predicted octanol–water partition coefficient (Wildman–Crippen LogP) is 1.60. The summed E-state index contributed by atoms with van der Waals surface area (Å²) in [6, 6.07) is 4.95. The van der Waals surface area contributed by atoms with Crippen molar-refractivity contribution in [3.63, 3.8) is 0 Å². The van der Waals surface area contributed by atoms with Crippen molar-refractivity contribution in [2.24, 2.45) is 0 Å². The average Bonchev–Trinajstić information content (AvgIpc) is 2.67. The van der Waals surface area contributed by atoms with Crippen LogP contribution in [0.15, 0.2) is 23.1 Å². The normalized spacial score (nSPS) is 17.1. The Labute approximate surface area is 170 Å². The molecule has 28 heavy (non-hydrogen) atoms. The molecule has 1 aliphatic carbocycles. The Morgan fingerprint density at radius 1 is 1.14 bits per heavy atom. The summed E-state index contributed by atoms with van der Waals surface area (Å²) in [5.41, 5.74) is 1.12.